The van der Waals surface area contributed by atoms with Crippen LogP contribution in [-0.2, 0) is 10.0 Å². The minimum atomic E-state index is -3.80. The first-order valence-electron chi connectivity index (χ1n) is 7.10. The zero-order valence-corrected chi connectivity index (χ0v) is 14.5. The molecule has 0 radical (unpaired) electrons. The van der Waals surface area contributed by atoms with Crippen LogP contribution in [0.4, 0.5) is 0 Å². The van der Waals surface area contributed by atoms with Crippen LogP contribution in [-0.4, -0.2) is 34.5 Å². The van der Waals surface area contributed by atoms with E-state index in [0.29, 0.717) is 5.56 Å². The van der Waals surface area contributed by atoms with Gasteiger partial charge in [-0.25, -0.2) is 13.1 Å². The molecule has 24 heavy (non-hydrogen) atoms. The molecule has 0 aromatic heterocycles. The largest absolute Gasteiger partial charge is 0.495 e. The molecule has 2 aromatic rings. The molecule has 6 nitrogen and oxygen atoms in total. The Bertz CT molecular complexity index is 810. The van der Waals surface area contributed by atoms with E-state index in [2.05, 4.69) is 10.0 Å². The van der Waals surface area contributed by atoms with E-state index in [-0.39, 0.29) is 34.7 Å². The van der Waals surface area contributed by atoms with Crippen LogP contribution >= 0.6 is 11.6 Å². The highest BCUT2D eigenvalue weighted by Crippen LogP contribution is 2.26. The molecular formula is C16H17ClN2O4S. The Morgan fingerprint density at radius 3 is 2.50 bits per heavy atom. The molecule has 0 fully saturated rings. The molecule has 0 saturated heterocycles. The third-order valence-electron chi connectivity index (χ3n) is 3.15. The van der Waals surface area contributed by atoms with Crippen LogP contribution in [0.15, 0.2) is 53.4 Å². The fourth-order valence-corrected chi connectivity index (χ4v) is 3.45. The summed E-state index contributed by atoms with van der Waals surface area (Å²) < 4.78 is 32.1. The first kappa shape index (κ1) is 18.3. The highest BCUT2D eigenvalue weighted by Gasteiger charge is 2.19. The molecule has 2 N–H and O–H groups in total. The summed E-state index contributed by atoms with van der Waals surface area (Å²) >= 11 is 5.85. The fourth-order valence-electron chi connectivity index (χ4n) is 1.99. The smallest absolute Gasteiger partial charge is 0.251 e. The van der Waals surface area contributed by atoms with Crippen molar-refractivity contribution in [2.75, 3.05) is 20.2 Å². The lowest BCUT2D eigenvalue weighted by Gasteiger charge is -2.11. The molecule has 2 rings (SSSR count). The average Bonchev–Trinajstić information content (AvgIpc) is 2.59. The van der Waals surface area contributed by atoms with Crippen molar-refractivity contribution in [1.82, 2.24) is 10.0 Å². The molecule has 128 valence electrons. The lowest BCUT2D eigenvalue weighted by Crippen LogP contribution is -2.34. The summed E-state index contributed by atoms with van der Waals surface area (Å²) in [5.41, 5.74) is 0.511. The van der Waals surface area contributed by atoms with Gasteiger partial charge in [0.25, 0.3) is 5.91 Å². The Kier molecular flexibility index (Phi) is 6.19. The van der Waals surface area contributed by atoms with Gasteiger partial charge in [-0.05, 0) is 30.3 Å². The number of halogens is 1. The summed E-state index contributed by atoms with van der Waals surface area (Å²) in [4.78, 5) is 11.8. The number of methoxy groups -OCH3 is 1. The number of sulfonamides is 1. The topological polar surface area (TPSA) is 84.5 Å². The average molecular weight is 369 g/mol. The van der Waals surface area contributed by atoms with Gasteiger partial charge >= 0.3 is 0 Å². The van der Waals surface area contributed by atoms with Crippen LogP contribution in [0.5, 0.6) is 5.75 Å². The maximum Gasteiger partial charge on any atom is 0.251 e. The molecule has 0 aliphatic rings. The van der Waals surface area contributed by atoms with Gasteiger partial charge in [-0.1, -0.05) is 29.8 Å². The van der Waals surface area contributed by atoms with Crippen molar-refractivity contribution in [2.45, 2.75) is 4.90 Å². The quantitative estimate of drug-likeness (QED) is 0.732. The molecule has 0 heterocycles. The van der Waals surface area contributed by atoms with Crippen molar-refractivity contribution in [3.05, 3.63) is 59.1 Å². The summed E-state index contributed by atoms with van der Waals surface area (Å²) in [6.45, 7) is 0.187. The van der Waals surface area contributed by atoms with Gasteiger partial charge < -0.3 is 10.1 Å². The Labute approximate surface area is 145 Å². The van der Waals surface area contributed by atoms with Crippen molar-refractivity contribution in [2.24, 2.45) is 0 Å². The monoisotopic (exact) mass is 368 g/mol. The third kappa shape index (κ3) is 4.70. The maximum atomic E-state index is 12.3. The number of rotatable bonds is 7. The maximum absolute atomic E-state index is 12.3. The Hall–Kier alpha value is -2.09. The van der Waals surface area contributed by atoms with E-state index in [9.17, 15) is 13.2 Å². The van der Waals surface area contributed by atoms with Crippen LogP contribution < -0.4 is 14.8 Å². The Morgan fingerprint density at radius 1 is 1.12 bits per heavy atom. The van der Waals surface area contributed by atoms with E-state index < -0.39 is 10.0 Å². The highest BCUT2D eigenvalue weighted by atomic mass is 35.5. The standard InChI is InChI=1S/C16H17ClN2O4S/c1-23-14-8-7-13(17)11-15(14)24(21,22)19-10-9-18-16(20)12-5-3-2-4-6-12/h2-8,11,19H,9-10H2,1H3,(H,18,20). The highest BCUT2D eigenvalue weighted by molar-refractivity contribution is 7.89. The lowest BCUT2D eigenvalue weighted by atomic mass is 10.2. The van der Waals surface area contributed by atoms with Gasteiger partial charge in [0.05, 0.1) is 7.11 Å². The number of carbonyl (C=O) groups excluding carboxylic acids is 1. The predicted octanol–water partition coefficient (Wildman–Crippen LogP) is 2.06. The summed E-state index contributed by atoms with van der Waals surface area (Å²) in [5.74, 6) is -0.0737. The zero-order valence-electron chi connectivity index (χ0n) is 13.0. The van der Waals surface area contributed by atoms with Gasteiger partial charge in [-0.15, -0.1) is 0 Å². The molecular weight excluding hydrogens is 352 g/mol. The van der Waals surface area contributed by atoms with Crippen molar-refractivity contribution < 1.29 is 17.9 Å². The molecule has 2 aromatic carbocycles. The number of amides is 1. The van der Waals surface area contributed by atoms with Crippen molar-refractivity contribution in [3.63, 3.8) is 0 Å². The predicted molar refractivity (Wildman–Crippen MR) is 92.0 cm³/mol. The van der Waals surface area contributed by atoms with Gasteiger partial charge in [-0.3, -0.25) is 4.79 Å². The summed E-state index contributed by atoms with van der Waals surface area (Å²) in [5, 5.41) is 2.93. The molecule has 0 saturated carbocycles. The van der Waals surface area contributed by atoms with E-state index in [1.54, 1.807) is 30.3 Å². The van der Waals surface area contributed by atoms with E-state index in [0.717, 1.165) is 0 Å². The minimum absolute atomic E-state index is 0.0383. The van der Waals surface area contributed by atoms with Gasteiger partial charge in [0, 0.05) is 23.7 Å². The van der Waals surface area contributed by atoms with E-state index >= 15 is 0 Å². The molecule has 0 spiro atoms. The normalized spacial score (nSPS) is 11.1. The number of carbonyl (C=O) groups is 1. The number of benzene rings is 2. The summed E-state index contributed by atoms with van der Waals surface area (Å²) in [7, 11) is -2.42. The molecule has 8 heteroatoms. The van der Waals surface area contributed by atoms with Crippen LogP contribution in [0.1, 0.15) is 10.4 Å². The second-order valence-electron chi connectivity index (χ2n) is 4.81. The second kappa shape index (κ2) is 8.14. The Morgan fingerprint density at radius 2 is 1.83 bits per heavy atom. The zero-order chi connectivity index (χ0) is 17.6. The summed E-state index contributed by atoms with van der Waals surface area (Å²) in [6.07, 6.45) is 0. The van der Waals surface area contributed by atoms with E-state index in [1.807, 2.05) is 6.07 Å². The molecule has 0 bridgehead atoms. The SMILES string of the molecule is COc1ccc(Cl)cc1S(=O)(=O)NCCNC(=O)c1ccccc1. The molecule has 0 aliphatic heterocycles. The number of ether oxygens (including phenoxy) is 1. The molecule has 0 aliphatic carbocycles. The first-order valence-corrected chi connectivity index (χ1v) is 8.96. The van der Waals surface area contributed by atoms with E-state index in [4.69, 9.17) is 16.3 Å². The van der Waals surface area contributed by atoms with Gasteiger partial charge in [0.1, 0.15) is 10.6 Å². The van der Waals surface area contributed by atoms with Crippen molar-refractivity contribution in [3.8, 4) is 5.75 Å². The number of nitrogens with one attached hydrogen (secondary N) is 2. The first-order chi connectivity index (χ1) is 11.4. The fraction of sp³-hybridized carbons (Fsp3) is 0.188. The van der Waals surface area contributed by atoms with Crippen molar-refractivity contribution >= 4 is 27.5 Å². The van der Waals surface area contributed by atoms with Gasteiger partial charge in [-0.2, -0.15) is 0 Å². The number of hydrogen-bond donors (Lipinski definition) is 2. The Balaban J connectivity index is 1.94. The van der Waals surface area contributed by atoms with Crippen LogP contribution in [0.2, 0.25) is 5.02 Å². The minimum Gasteiger partial charge on any atom is -0.495 e. The molecule has 0 unspecified atom stereocenters. The number of hydrogen-bond acceptors (Lipinski definition) is 4. The molecule has 0 atom stereocenters. The third-order valence-corrected chi connectivity index (χ3v) is 4.87. The van der Waals surface area contributed by atoms with Crippen molar-refractivity contribution in [1.29, 1.82) is 0 Å². The molecule has 1 amide bonds. The lowest BCUT2D eigenvalue weighted by molar-refractivity contribution is 0.0954. The second-order valence-corrected chi connectivity index (χ2v) is 6.99. The van der Waals surface area contributed by atoms with Gasteiger partial charge in [0.15, 0.2) is 0 Å². The van der Waals surface area contributed by atoms with Crippen LogP contribution in [0.25, 0.3) is 0 Å². The van der Waals surface area contributed by atoms with E-state index in [1.165, 1.54) is 19.2 Å². The van der Waals surface area contributed by atoms with Crippen LogP contribution in [0.3, 0.4) is 0 Å². The summed E-state index contributed by atoms with van der Waals surface area (Å²) in [6, 6.07) is 13.0. The van der Waals surface area contributed by atoms with Crippen LogP contribution in [0, 0.1) is 0 Å². The van der Waals surface area contributed by atoms with Gasteiger partial charge in [0.2, 0.25) is 10.0 Å².